The van der Waals surface area contributed by atoms with Crippen molar-refractivity contribution in [1.29, 1.82) is 5.26 Å². The molecule has 1 aliphatic rings. The third-order valence-electron chi connectivity index (χ3n) is 4.51. The van der Waals surface area contributed by atoms with Crippen molar-refractivity contribution >= 4 is 11.7 Å². The Kier molecular flexibility index (Phi) is 4.59. The van der Waals surface area contributed by atoms with E-state index in [0.29, 0.717) is 11.1 Å². The minimum atomic E-state index is -0.672. The molecule has 130 valence electrons. The predicted molar refractivity (Wildman–Crippen MR) is 96.0 cm³/mol. The van der Waals surface area contributed by atoms with Crippen LogP contribution in [0.15, 0.2) is 59.9 Å². The number of aryl methyl sites for hydroxylation is 1. The number of aliphatic hydroxyl groups is 1. The van der Waals surface area contributed by atoms with E-state index in [9.17, 15) is 14.7 Å². The molecule has 0 radical (unpaired) electrons. The van der Waals surface area contributed by atoms with E-state index in [2.05, 4.69) is 0 Å². The Morgan fingerprint density at radius 2 is 1.77 bits per heavy atom. The molecule has 3 rings (SSSR count). The zero-order valence-electron chi connectivity index (χ0n) is 14.6. The van der Waals surface area contributed by atoms with Crippen LogP contribution in [0.5, 0.6) is 0 Å². The van der Waals surface area contributed by atoms with Crippen LogP contribution in [0.2, 0.25) is 0 Å². The summed E-state index contributed by atoms with van der Waals surface area (Å²) in [4.78, 5) is 26.2. The fraction of sp³-hybridized carbons (Fsp3) is 0.190. The molecule has 1 amide bonds. The van der Waals surface area contributed by atoms with Crippen molar-refractivity contribution in [3.63, 3.8) is 0 Å². The number of aliphatic hydroxyl groups excluding tert-OH is 1. The van der Waals surface area contributed by atoms with Crippen LogP contribution < -0.4 is 0 Å². The number of carbonyl (C=O) groups excluding carboxylic acids is 2. The van der Waals surface area contributed by atoms with Gasteiger partial charge in [0.15, 0.2) is 11.5 Å². The molecule has 1 heterocycles. The van der Waals surface area contributed by atoms with E-state index >= 15 is 0 Å². The van der Waals surface area contributed by atoms with Crippen molar-refractivity contribution < 1.29 is 14.7 Å². The zero-order valence-corrected chi connectivity index (χ0v) is 14.6. The van der Waals surface area contributed by atoms with Gasteiger partial charge in [0.25, 0.3) is 5.91 Å². The van der Waals surface area contributed by atoms with Gasteiger partial charge in [0.2, 0.25) is 0 Å². The molecule has 0 saturated carbocycles. The molecule has 1 atom stereocenters. The second-order valence-electron chi connectivity index (χ2n) is 6.37. The van der Waals surface area contributed by atoms with Gasteiger partial charge in [-0.3, -0.25) is 9.59 Å². The number of hydrogen-bond donors (Lipinski definition) is 1. The average Bonchev–Trinajstić information content (AvgIpc) is 2.88. The number of hydrogen-bond acceptors (Lipinski definition) is 4. The summed E-state index contributed by atoms with van der Waals surface area (Å²) in [6.07, 6.45) is 0. The molecule has 2 aromatic rings. The summed E-state index contributed by atoms with van der Waals surface area (Å²) < 4.78 is 0. The highest BCUT2D eigenvalue weighted by Gasteiger charge is 2.42. The second kappa shape index (κ2) is 6.85. The molecule has 5 nitrogen and oxygen atoms in total. The van der Waals surface area contributed by atoms with Crippen molar-refractivity contribution in [2.75, 3.05) is 0 Å². The lowest BCUT2D eigenvalue weighted by molar-refractivity contribution is -0.130. The van der Waals surface area contributed by atoms with Gasteiger partial charge in [-0.05, 0) is 37.1 Å². The summed E-state index contributed by atoms with van der Waals surface area (Å²) >= 11 is 0. The molecule has 0 fully saturated rings. The molecule has 0 aliphatic carbocycles. The van der Waals surface area contributed by atoms with Gasteiger partial charge in [-0.25, -0.2) is 0 Å². The Hall–Kier alpha value is -3.39. The predicted octanol–water partition coefficient (Wildman–Crippen LogP) is 3.35. The van der Waals surface area contributed by atoms with Gasteiger partial charge in [0.1, 0.15) is 0 Å². The highest BCUT2D eigenvalue weighted by molar-refractivity contribution is 6.08. The first-order valence-corrected chi connectivity index (χ1v) is 8.23. The van der Waals surface area contributed by atoms with Gasteiger partial charge < -0.3 is 10.0 Å². The van der Waals surface area contributed by atoms with E-state index in [1.165, 1.54) is 11.8 Å². The largest absolute Gasteiger partial charge is 0.503 e. The van der Waals surface area contributed by atoms with Gasteiger partial charge in [-0.2, -0.15) is 5.26 Å². The normalized spacial score (nSPS) is 16.7. The van der Waals surface area contributed by atoms with E-state index in [0.717, 1.165) is 11.1 Å². The summed E-state index contributed by atoms with van der Waals surface area (Å²) in [6, 6.07) is 15.8. The zero-order chi connectivity index (χ0) is 18.8. The van der Waals surface area contributed by atoms with E-state index in [-0.39, 0.29) is 17.9 Å². The maximum atomic E-state index is 12.6. The Balaban J connectivity index is 2.03. The third kappa shape index (κ3) is 3.09. The molecule has 0 bridgehead atoms. The fourth-order valence-electron chi connectivity index (χ4n) is 3.15. The van der Waals surface area contributed by atoms with Crippen LogP contribution in [0, 0.1) is 18.3 Å². The van der Waals surface area contributed by atoms with Crippen LogP contribution in [0.3, 0.4) is 0 Å². The van der Waals surface area contributed by atoms with E-state index in [1.54, 1.807) is 24.3 Å². The lowest BCUT2D eigenvalue weighted by atomic mass is 9.95. The van der Waals surface area contributed by atoms with Crippen molar-refractivity contribution in [3.05, 3.63) is 82.1 Å². The SMILES string of the molecule is CC(=O)C1=C(O)C(=O)N(Cc2ccc(C)cc2)C1c1ccc(C#N)cc1. The van der Waals surface area contributed by atoms with Crippen LogP contribution >= 0.6 is 0 Å². The highest BCUT2D eigenvalue weighted by Crippen LogP contribution is 2.38. The number of benzene rings is 2. The molecule has 26 heavy (non-hydrogen) atoms. The Labute approximate surface area is 151 Å². The van der Waals surface area contributed by atoms with E-state index in [1.807, 2.05) is 37.3 Å². The molecule has 1 N–H and O–H groups in total. The first-order valence-electron chi connectivity index (χ1n) is 8.23. The third-order valence-corrected chi connectivity index (χ3v) is 4.51. The molecule has 2 aromatic carbocycles. The second-order valence-corrected chi connectivity index (χ2v) is 6.37. The van der Waals surface area contributed by atoms with Crippen molar-refractivity contribution in [2.24, 2.45) is 0 Å². The van der Waals surface area contributed by atoms with Crippen LogP contribution in [0.25, 0.3) is 0 Å². The van der Waals surface area contributed by atoms with Crippen LogP contribution in [0.1, 0.15) is 35.2 Å². The minimum absolute atomic E-state index is 0.0896. The minimum Gasteiger partial charge on any atom is -0.503 e. The lowest BCUT2D eigenvalue weighted by Crippen LogP contribution is -2.30. The molecule has 0 aromatic heterocycles. The first-order chi connectivity index (χ1) is 12.4. The molecule has 1 unspecified atom stereocenters. The number of amides is 1. The maximum Gasteiger partial charge on any atom is 0.290 e. The number of Topliss-reactive ketones (excluding diaryl/α,β-unsaturated/α-hetero) is 1. The topological polar surface area (TPSA) is 81.4 Å². The van der Waals surface area contributed by atoms with Crippen molar-refractivity contribution in [1.82, 2.24) is 4.90 Å². The van der Waals surface area contributed by atoms with Gasteiger partial charge in [0, 0.05) is 6.54 Å². The van der Waals surface area contributed by atoms with E-state index < -0.39 is 17.7 Å². The van der Waals surface area contributed by atoms with Gasteiger partial charge in [-0.15, -0.1) is 0 Å². The van der Waals surface area contributed by atoms with Gasteiger partial charge in [0.05, 0.1) is 23.2 Å². The highest BCUT2D eigenvalue weighted by atomic mass is 16.3. The van der Waals surface area contributed by atoms with Crippen LogP contribution in [0.4, 0.5) is 0 Å². The molecule has 1 aliphatic heterocycles. The van der Waals surface area contributed by atoms with Crippen molar-refractivity contribution in [2.45, 2.75) is 26.4 Å². The number of carbonyl (C=O) groups is 2. The Bertz CT molecular complexity index is 935. The Morgan fingerprint density at radius 3 is 2.31 bits per heavy atom. The van der Waals surface area contributed by atoms with E-state index in [4.69, 9.17) is 5.26 Å². The quantitative estimate of drug-likeness (QED) is 0.920. The summed E-state index contributed by atoms with van der Waals surface area (Å²) in [7, 11) is 0. The number of ketones is 1. The van der Waals surface area contributed by atoms with Crippen LogP contribution in [-0.4, -0.2) is 21.7 Å². The molecule has 0 spiro atoms. The smallest absolute Gasteiger partial charge is 0.290 e. The number of nitriles is 1. The van der Waals surface area contributed by atoms with Crippen LogP contribution in [-0.2, 0) is 16.1 Å². The lowest BCUT2D eigenvalue weighted by Gasteiger charge is -2.26. The molecular weight excluding hydrogens is 328 g/mol. The summed E-state index contributed by atoms with van der Waals surface area (Å²) in [6.45, 7) is 3.58. The first kappa shape index (κ1) is 17.4. The Morgan fingerprint density at radius 1 is 1.15 bits per heavy atom. The summed E-state index contributed by atoms with van der Waals surface area (Å²) in [5.74, 6) is -1.42. The van der Waals surface area contributed by atoms with Gasteiger partial charge >= 0.3 is 0 Å². The number of nitrogens with zero attached hydrogens (tertiary/aromatic N) is 2. The molecule has 5 heteroatoms. The number of rotatable bonds is 4. The van der Waals surface area contributed by atoms with Gasteiger partial charge in [-0.1, -0.05) is 42.0 Å². The standard InChI is InChI=1S/C21H18N2O3/c1-13-3-5-16(6-4-13)12-23-19(17-9-7-15(11-22)8-10-17)18(14(2)24)20(25)21(23)26/h3-10,19,25H,12H2,1-2H3. The monoisotopic (exact) mass is 346 g/mol. The molecule has 0 saturated heterocycles. The average molecular weight is 346 g/mol. The fourth-order valence-corrected chi connectivity index (χ4v) is 3.15. The van der Waals surface area contributed by atoms with Crippen molar-refractivity contribution in [3.8, 4) is 6.07 Å². The summed E-state index contributed by atoms with van der Waals surface area (Å²) in [5, 5.41) is 19.2. The summed E-state index contributed by atoms with van der Waals surface area (Å²) in [5.41, 5.74) is 3.27. The maximum absolute atomic E-state index is 12.6. The molecular formula is C21H18N2O3.